The van der Waals surface area contributed by atoms with Crippen LogP contribution in [0.2, 0.25) is 0 Å². The summed E-state index contributed by atoms with van der Waals surface area (Å²) in [5.74, 6) is 2.08. The van der Waals surface area contributed by atoms with E-state index in [2.05, 4.69) is 16.9 Å². The number of nitrogens with one attached hydrogen (secondary N) is 1. The second-order valence-corrected chi connectivity index (χ2v) is 4.61. The van der Waals surface area contributed by atoms with Gasteiger partial charge in [-0.2, -0.15) is 0 Å². The summed E-state index contributed by atoms with van der Waals surface area (Å²) >= 11 is 0. The molecule has 0 aliphatic heterocycles. The average molecular weight is 221 g/mol. The van der Waals surface area contributed by atoms with E-state index in [1.807, 2.05) is 0 Å². The lowest BCUT2D eigenvalue weighted by atomic mass is 10.0. The number of rotatable bonds is 3. The largest absolute Gasteiger partial charge is 0.326 e. The van der Waals surface area contributed by atoms with E-state index >= 15 is 0 Å². The van der Waals surface area contributed by atoms with Gasteiger partial charge in [0, 0.05) is 24.2 Å². The van der Waals surface area contributed by atoms with Crippen LogP contribution in [0.5, 0.6) is 0 Å². The molecule has 2 unspecified atom stereocenters. The van der Waals surface area contributed by atoms with Crippen LogP contribution in [0.4, 0.5) is 0 Å². The maximum Gasteiger partial charge on any atom is 0.255 e. The molecule has 3 N–H and O–H groups in total. The molecular formula is C12H19N3O. The Morgan fingerprint density at radius 2 is 2.38 bits per heavy atom. The molecule has 1 heterocycles. The SMILES string of the molecule is CCC1CCC(c2ncc(CN)c(=O)[nH]2)C1. The van der Waals surface area contributed by atoms with Crippen molar-refractivity contribution in [2.45, 2.75) is 45.1 Å². The molecule has 2 atom stereocenters. The molecule has 0 aromatic carbocycles. The van der Waals surface area contributed by atoms with Crippen molar-refractivity contribution in [3.8, 4) is 0 Å². The van der Waals surface area contributed by atoms with Gasteiger partial charge < -0.3 is 10.7 Å². The van der Waals surface area contributed by atoms with Gasteiger partial charge in [-0.25, -0.2) is 4.98 Å². The molecule has 1 aliphatic carbocycles. The Labute approximate surface area is 95.3 Å². The van der Waals surface area contributed by atoms with Crippen LogP contribution in [0.25, 0.3) is 0 Å². The van der Waals surface area contributed by atoms with Crippen LogP contribution in [0.3, 0.4) is 0 Å². The fourth-order valence-corrected chi connectivity index (χ4v) is 2.48. The first-order chi connectivity index (χ1) is 7.74. The van der Waals surface area contributed by atoms with E-state index in [0.29, 0.717) is 11.5 Å². The van der Waals surface area contributed by atoms with Crippen LogP contribution in [0, 0.1) is 5.92 Å². The molecule has 0 amide bonds. The molecule has 1 saturated carbocycles. The molecule has 88 valence electrons. The van der Waals surface area contributed by atoms with Crippen LogP contribution in [0.15, 0.2) is 11.0 Å². The smallest absolute Gasteiger partial charge is 0.255 e. The van der Waals surface area contributed by atoms with Gasteiger partial charge in [-0.1, -0.05) is 13.3 Å². The van der Waals surface area contributed by atoms with Crippen molar-refractivity contribution >= 4 is 0 Å². The van der Waals surface area contributed by atoms with Gasteiger partial charge in [-0.05, 0) is 25.2 Å². The third-order valence-corrected chi connectivity index (χ3v) is 3.62. The Hall–Kier alpha value is -1.16. The molecule has 16 heavy (non-hydrogen) atoms. The van der Waals surface area contributed by atoms with Gasteiger partial charge in [0.05, 0.1) is 0 Å². The van der Waals surface area contributed by atoms with Crippen LogP contribution in [-0.4, -0.2) is 9.97 Å². The quantitative estimate of drug-likeness (QED) is 0.813. The third-order valence-electron chi connectivity index (χ3n) is 3.62. The Bertz CT molecular complexity index is 413. The highest BCUT2D eigenvalue weighted by atomic mass is 16.1. The van der Waals surface area contributed by atoms with E-state index in [0.717, 1.165) is 24.6 Å². The summed E-state index contributed by atoms with van der Waals surface area (Å²) in [6.45, 7) is 2.48. The number of nitrogens with zero attached hydrogens (tertiary/aromatic N) is 1. The summed E-state index contributed by atoms with van der Waals surface area (Å²) in [6, 6.07) is 0. The summed E-state index contributed by atoms with van der Waals surface area (Å²) in [5, 5.41) is 0. The number of aromatic amines is 1. The predicted molar refractivity (Wildman–Crippen MR) is 63.1 cm³/mol. The molecule has 4 nitrogen and oxygen atoms in total. The number of H-pyrrole nitrogens is 1. The zero-order valence-corrected chi connectivity index (χ0v) is 9.70. The molecule has 2 rings (SSSR count). The molecule has 0 radical (unpaired) electrons. The Morgan fingerprint density at radius 3 is 2.94 bits per heavy atom. The van der Waals surface area contributed by atoms with Crippen molar-refractivity contribution in [2.75, 3.05) is 0 Å². The van der Waals surface area contributed by atoms with E-state index in [1.54, 1.807) is 6.20 Å². The van der Waals surface area contributed by atoms with Gasteiger partial charge in [0.25, 0.3) is 5.56 Å². The highest BCUT2D eigenvalue weighted by molar-refractivity contribution is 5.08. The first kappa shape index (κ1) is 11.3. The van der Waals surface area contributed by atoms with Gasteiger partial charge in [0.1, 0.15) is 5.82 Å². The van der Waals surface area contributed by atoms with E-state index < -0.39 is 0 Å². The van der Waals surface area contributed by atoms with Crippen LogP contribution < -0.4 is 11.3 Å². The second-order valence-electron chi connectivity index (χ2n) is 4.61. The van der Waals surface area contributed by atoms with Gasteiger partial charge in [-0.15, -0.1) is 0 Å². The summed E-state index contributed by atoms with van der Waals surface area (Å²) in [4.78, 5) is 18.8. The number of nitrogens with two attached hydrogens (primary N) is 1. The molecule has 0 saturated heterocycles. The van der Waals surface area contributed by atoms with Gasteiger partial charge >= 0.3 is 0 Å². The fraction of sp³-hybridized carbons (Fsp3) is 0.667. The predicted octanol–water partition coefficient (Wildman–Crippen LogP) is 1.52. The molecule has 0 spiro atoms. The molecule has 1 aliphatic rings. The fourth-order valence-electron chi connectivity index (χ4n) is 2.48. The number of aromatic nitrogens is 2. The lowest BCUT2D eigenvalue weighted by molar-refractivity contribution is 0.516. The topological polar surface area (TPSA) is 71.8 Å². The van der Waals surface area contributed by atoms with E-state index in [4.69, 9.17) is 5.73 Å². The second kappa shape index (κ2) is 4.78. The monoisotopic (exact) mass is 221 g/mol. The van der Waals surface area contributed by atoms with Crippen molar-refractivity contribution in [3.63, 3.8) is 0 Å². The molecule has 0 bridgehead atoms. The molecule has 1 aromatic heterocycles. The normalized spacial score (nSPS) is 24.9. The maximum absolute atomic E-state index is 11.6. The maximum atomic E-state index is 11.6. The minimum atomic E-state index is -0.0764. The van der Waals surface area contributed by atoms with Gasteiger partial charge in [-0.3, -0.25) is 4.79 Å². The highest BCUT2D eigenvalue weighted by Crippen LogP contribution is 2.37. The summed E-state index contributed by atoms with van der Waals surface area (Å²) in [7, 11) is 0. The Balaban J connectivity index is 2.16. The van der Waals surface area contributed by atoms with Crippen molar-refractivity contribution in [2.24, 2.45) is 11.7 Å². The van der Waals surface area contributed by atoms with Crippen LogP contribution >= 0.6 is 0 Å². The first-order valence-corrected chi connectivity index (χ1v) is 6.02. The third kappa shape index (κ3) is 2.16. The van der Waals surface area contributed by atoms with Crippen molar-refractivity contribution < 1.29 is 0 Å². The first-order valence-electron chi connectivity index (χ1n) is 6.02. The van der Waals surface area contributed by atoms with Crippen molar-refractivity contribution in [1.29, 1.82) is 0 Å². The zero-order chi connectivity index (χ0) is 11.5. The molecule has 4 heteroatoms. The minimum Gasteiger partial charge on any atom is -0.326 e. The lowest BCUT2D eigenvalue weighted by Crippen LogP contribution is -2.19. The van der Waals surface area contributed by atoms with Crippen LogP contribution in [-0.2, 0) is 6.54 Å². The zero-order valence-electron chi connectivity index (χ0n) is 9.70. The number of hydrogen-bond acceptors (Lipinski definition) is 3. The van der Waals surface area contributed by atoms with E-state index in [-0.39, 0.29) is 12.1 Å². The summed E-state index contributed by atoms with van der Waals surface area (Å²) in [6.07, 6.45) is 6.39. The summed E-state index contributed by atoms with van der Waals surface area (Å²) < 4.78 is 0. The van der Waals surface area contributed by atoms with Crippen molar-refractivity contribution in [1.82, 2.24) is 9.97 Å². The van der Waals surface area contributed by atoms with Crippen molar-refractivity contribution in [3.05, 3.63) is 27.9 Å². The minimum absolute atomic E-state index is 0.0764. The molecule has 1 fully saturated rings. The van der Waals surface area contributed by atoms with E-state index in [1.165, 1.54) is 12.8 Å². The average Bonchev–Trinajstić information content (AvgIpc) is 2.77. The number of hydrogen-bond donors (Lipinski definition) is 2. The van der Waals surface area contributed by atoms with Crippen LogP contribution in [0.1, 0.15) is 49.9 Å². The molecular weight excluding hydrogens is 202 g/mol. The van der Waals surface area contributed by atoms with E-state index in [9.17, 15) is 4.79 Å². The Morgan fingerprint density at radius 1 is 1.56 bits per heavy atom. The van der Waals surface area contributed by atoms with Gasteiger partial charge in [0.2, 0.25) is 0 Å². The Kier molecular flexibility index (Phi) is 3.39. The summed E-state index contributed by atoms with van der Waals surface area (Å²) in [5.41, 5.74) is 5.93. The van der Waals surface area contributed by atoms with Gasteiger partial charge in [0.15, 0.2) is 0 Å². The molecule has 1 aromatic rings. The highest BCUT2D eigenvalue weighted by Gasteiger charge is 2.26. The standard InChI is InChI=1S/C12H19N3O/c1-2-8-3-4-9(5-8)11-14-7-10(6-13)12(16)15-11/h7-9H,2-6,13H2,1H3,(H,14,15,16). The lowest BCUT2D eigenvalue weighted by Gasteiger charge is -2.09.